The number of rotatable bonds is 4. The third-order valence-electron chi connectivity index (χ3n) is 6.43. The summed E-state index contributed by atoms with van der Waals surface area (Å²) in [7, 11) is 1.66. The number of piperidine rings is 1. The molecule has 4 atom stereocenters. The second kappa shape index (κ2) is 6.79. The highest BCUT2D eigenvalue weighted by Crippen LogP contribution is 2.31. The first-order chi connectivity index (χ1) is 13.6. The molecule has 2 aliphatic heterocycles. The molecule has 1 saturated heterocycles. The maximum Gasteiger partial charge on any atom is 0.250 e. The molecule has 0 aliphatic carbocycles. The molecule has 4 heterocycles. The van der Waals surface area contributed by atoms with Crippen LogP contribution in [0.4, 0.5) is 0 Å². The van der Waals surface area contributed by atoms with E-state index in [0.29, 0.717) is 18.4 Å². The Morgan fingerprint density at radius 3 is 3.07 bits per heavy atom. The molecule has 1 unspecified atom stereocenters. The Morgan fingerprint density at radius 2 is 2.21 bits per heavy atom. The van der Waals surface area contributed by atoms with Crippen LogP contribution in [0.25, 0.3) is 10.9 Å². The predicted molar refractivity (Wildman–Crippen MR) is 107 cm³/mol. The highest BCUT2D eigenvalue weighted by Gasteiger charge is 2.37. The molecule has 6 heteroatoms. The first-order valence-electron chi connectivity index (χ1n) is 9.99. The molecular weight excluding hydrogens is 354 g/mol. The first-order valence-corrected chi connectivity index (χ1v) is 9.99. The molecule has 3 aromatic rings. The number of pyridine rings is 1. The second-order valence-electron chi connectivity index (χ2n) is 8.23. The van der Waals surface area contributed by atoms with Gasteiger partial charge in [-0.25, -0.2) is 0 Å². The summed E-state index contributed by atoms with van der Waals surface area (Å²) in [5.74, 6) is 1.69. The van der Waals surface area contributed by atoms with E-state index in [4.69, 9.17) is 4.74 Å². The lowest BCUT2D eigenvalue weighted by molar-refractivity contribution is -0.914. The summed E-state index contributed by atoms with van der Waals surface area (Å²) < 4.78 is 7.30. The number of hydrogen-bond acceptors (Lipinski definition) is 3. The Balaban J connectivity index is 1.37. The second-order valence-corrected chi connectivity index (χ2v) is 8.23. The first kappa shape index (κ1) is 17.5. The number of methoxy groups -OCH3 is 1. The van der Waals surface area contributed by atoms with Crippen molar-refractivity contribution in [3.05, 3.63) is 64.2 Å². The van der Waals surface area contributed by atoms with Crippen LogP contribution in [0.3, 0.4) is 0 Å². The van der Waals surface area contributed by atoms with Crippen LogP contribution in [0.2, 0.25) is 0 Å². The summed E-state index contributed by atoms with van der Waals surface area (Å²) in [4.78, 5) is 16.9. The lowest BCUT2D eigenvalue weighted by Gasteiger charge is -2.40. The summed E-state index contributed by atoms with van der Waals surface area (Å²) in [6.07, 6.45) is 2.52. The number of likely N-dealkylation sites (tertiary alicyclic amines) is 1. The van der Waals surface area contributed by atoms with Gasteiger partial charge in [-0.1, -0.05) is 6.07 Å². The van der Waals surface area contributed by atoms with Gasteiger partial charge in [-0.3, -0.25) is 4.79 Å². The maximum absolute atomic E-state index is 12.2. The highest BCUT2D eigenvalue weighted by molar-refractivity contribution is 5.85. The van der Waals surface area contributed by atoms with Crippen LogP contribution < -0.4 is 15.2 Å². The van der Waals surface area contributed by atoms with Crippen LogP contribution in [0, 0.1) is 5.92 Å². The molecule has 5 rings (SSSR count). The number of aromatic nitrogens is 2. The molecular formula is C22H26N3O3+. The standard InChI is InChI=1S/C22H25N3O3/c1-28-16-5-6-19-17(8-16)18(9-23-19)21(26)13-24-10-14-7-15(12-24)20-3-2-4-22(27)25(20)11-14/h2-6,8-9,14-15,21,23,26H,7,10-13H2,1H3/p+1/t14-,15+,21+/m1/s1. The number of aliphatic hydroxyl groups excluding tert-OH is 1. The summed E-state index contributed by atoms with van der Waals surface area (Å²) in [6, 6.07) is 11.5. The summed E-state index contributed by atoms with van der Waals surface area (Å²) in [5.41, 5.74) is 3.21. The van der Waals surface area contributed by atoms with Crippen molar-refractivity contribution in [3.63, 3.8) is 0 Å². The molecule has 0 spiro atoms. The number of aromatic amines is 1. The Kier molecular flexibility index (Phi) is 4.25. The predicted octanol–water partition coefficient (Wildman–Crippen LogP) is 1.07. The molecule has 1 fully saturated rings. The molecule has 0 amide bonds. The minimum atomic E-state index is -0.535. The topological polar surface area (TPSA) is 71.7 Å². The number of nitrogens with one attached hydrogen (secondary N) is 2. The number of fused-ring (bicyclic) bond motifs is 5. The van der Waals surface area contributed by atoms with Crippen LogP contribution in [0.5, 0.6) is 5.75 Å². The number of aliphatic hydroxyl groups is 1. The molecule has 6 nitrogen and oxygen atoms in total. The molecule has 2 bridgehead atoms. The smallest absolute Gasteiger partial charge is 0.250 e. The van der Waals surface area contributed by atoms with Crippen molar-refractivity contribution in [2.45, 2.75) is 25.0 Å². The van der Waals surface area contributed by atoms with Crippen molar-refractivity contribution in [2.24, 2.45) is 5.92 Å². The van der Waals surface area contributed by atoms with Gasteiger partial charge >= 0.3 is 0 Å². The van der Waals surface area contributed by atoms with Crippen molar-refractivity contribution in [1.29, 1.82) is 0 Å². The molecule has 2 aromatic heterocycles. The van der Waals surface area contributed by atoms with Gasteiger partial charge in [0.05, 0.1) is 20.2 Å². The van der Waals surface area contributed by atoms with E-state index in [0.717, 1.165) is 54.0 Å². The number of benzene rings is 1. The van der Waals surface area contributed by atoms with Crippen LogP contribution in [-0.4, -0.2) is 41.4 Å². The average Bonchev–Trinajstić information content (AvgIpc) is 3.12. The number of quaternary nitrogens is 1. The van der Waals surface area contributed by atoms with Gasteiger partial charge in [0.25, 0.3) is 5.56 Å². The van der Waals surface area contributed by atoms with Crippen LogP contribution in [-0.2, 0) is 6.54 Å². The number of hydrogen-bond donors (Lipinski definition) is 3. The molecule has 28 heavy (non-hydrogen) atoms. The SMILES string of the molecule is COc1ccc2[nH]cc([C@@H](O)C[NH+]3C[C@H]4C[C@@H](C3)c3cccc(=O)n3C4)c2c1. The van der Waals surface area contributed by atoms with E-state index in [2.05, 4.69) is 11.1 Å². The van der Waals surface area contributed by atoms with Gasteiger partial charge in [0, 0.05) is 52.8 Å². The van der Waals surface area contributed by atoms with Crippen molar-refractivity contribution in [1.82, 2.24) is 9.55 Å². The summed E-state index contributed by atoms with van der Waals surface area (Å²) in [5, 5.41) is 12.0. The van der Waals surface area contributed by atoms with E-state index >= 15 is 0 Å². The van der Waals surface area contributed by atoms with E-state index < -0.39 is 6.10 Å². The van der Waals surface area contributed by atoms with Crippen LogP contribution >= 0.6 is 0 Å². The Bertz CT molecular complexity index is 1070. The van der Waals surface area contributed by atoms with Gasteiger partial charge in [0.1, 0.15) is 18.4 Å². The third kappa shape index (κ3) is 2.93. The van der Waals surface area contributed by atoms with Crippen molar-refractivity contribution >= 4 is 10.9 Å². The van der Waals surface area contributed by atoms with Crippen LogP contribution in [0.15, 0.2) is 47.4 Å². The van der Waals surface area contributed by atoms with Gasteiger partial charge in [-0.15, -0.1) is 0 Å². The highest BCUT2D eigenvalue weighted by atomic mass is 16.5. The zero-order valence-corrected chi connectivity index (χ0v) is 16.0. The number of ether oxygens (including phenoxy) is 1. The van der Waals surface area contributed by atoms with Gasteiger partial charge in [-0.05, 0) is 30.7 Å². The lowest BCUT2D eigenvalue weighted by atomic mass is 9.83. The molecule has 0 radical (unpaired) electrons. The quantitative estimate of drug-likeness (QED) is 0.634. The molecule has 146 valence electrons. The molecule has 3 N–H and O–H groups in total. The fraction of sp³-hybridized carbons (Fsp3) is 0.409. The van der Waals surface area contributed by atoms with Crippen molar-refractivity contribution in [3.8, 4) is 5.75 Å². The van der Waals surface area contributed by atoms with E-state index in [1.165, 1.54) is 4.90 Å². The van der Waals surface area contributed by atoms with Gasteiger partial charge in [0.2, 0.25) is 0 Å². The molecule has 1 aromatic carbocycles. The van der Waals surface area contributed by atoms with E-state index in [9.17, 15) is 9.90 Å². The monoisotopic (exact) mass is 380 g/mol. The average molecular weight is 380 g/mol. The van der Waals surface area contributed by atoms with Crippen LogP contribution in [0.1, 0.15) is 29.7 Å². The Morgan fingerprint density at radius 1 is 1.32 bits per heavy atom. The summed E-state index contributed by atoms with van der Waals surface area (Å²) >= 11 is 0. The minimum Gasteiger partial charge on any atom is -0.497 e. The zero-order chi connectivity index (χ0) is 19.3. The zero-order valence-electron chi connectivity index (χ0n) is 16.0. The normalized spacial score (nSPS) is 24.7. The number of nitrogens with zero attached hydrogens (tertiary/aromatic N) is 1. The van der Waals surface area contributed by atoms with Crippen molar-refractivity contribution < 1.29 is 14.7 Å². The van der Waals surface area contributed by atoms with E-state index in [1.54, 1.807) is 13.2 Å². The summed E-state index contributed by atoms with van der Waals surface area (Å²) in [6.45, 7) is 3.44. The molecule has 2 aliphatic rings. The lowest BCUT2D eigenvalue weighted by Crippen LogP contribution is -3.15. The Labute approximate surface area is 163 Å². The Hall–Kier alpha value is -2.57. The largest absolute Gasteiger partial charge is 0.497 e. The fourth-order valence-electron chi connectivity index (χ4n) is 5.19. The van der Waals surface area contributed by atoms with Crippen molar-refractivity contribution in [2.75, 3.05) is 26.7 Å². The fourth-order valence-corrected chi connectivity index (χ4v) is 5.19. The minimum absolute atomic E-state index is 0.114. The number of H-pyrrole nitrogens is 1. The van der Waals surface area contributed by atoms with E-state index in [1.807, 2.05) is 35.0 Å². The van der Waals surface area contributed by atoms with E-state index in [-0.39, 0.29) is 5.56 Å². The molecule has 0 saturated carbocycles. The van der Waals surface area contributed by atoms with Gasteiger partial charge < -0.3 is 24.3 Å². The van der Waals surface area contributed by atoms with Gasteiger partial charge in [0.15, 0.2) is 0 Å². The maximum atomic E-state index is 12.2. The third-order valence-corrected chi connectivity index (χ3v) is 6.43. The van der Waals surface area contributed by atoms with Gasteiger partial charge in [-0.2, -0.15) is 0 Å².